The molecular formula is C17H30N3O21P3. The van der Waals surface area contributed by atoms with Crippen LogP contribution >= 0.6 is 23.5 Å². The van der Waals surface area contributed by atoms with Crippen LogP contribution < -0.4 is 16.6 Å². The Kier molecular flexibility index (Phi) is 13.3. The van der Waals surface area contributed by atoms with Gasteiger partial charge in [0.2, 0.25) is 5.91 Å². The number of aliphatic hydroxyl groups is 6. The van der Waals surface area contributed by atoms with Gasteiger partial charge < -0.3 is 65.0 Å². The van der Waals surface area contributed by atoms with Crippen LogP contribution in [0.3, 0.4) is 0 Å². The van der Waals surface area contributed by atoms with E-state index in [4.69, 9.17) is 29.3 Å². The van der Waals surface area contributed by atoms with Gasteiger partial charge in [0.15, 0.2) is 12.5 Å². The Bertz CT molecular complexity index is 1400. The number of carbonyl (C=O) groups is 1. The molecule has 0 bridgehead atoms. The second-order valence-corrected chi connectivity index (χ2v) is 13.3. The summed E-state index contributed by atoms with van der Waals surface area (Å²) in [6.07, 6.45) is -10.9. The van der Waals surface area contributed by atoms with Crippen molar-refractivity contribution in [2.75, 3.05) is 13.2 Å². The lowest BCUT2D eigenvalue weighted by Crippen LogP contribution is -2.63. The summed E-state index contributed by atoms with van der Waals surface area (Å²) in [6.45, 7) is -0.359. The van der Waals surface area contributed by atoms with Crippen LogP contribution in [0.1, 0.15) is 13.2 Å². The van der Waals surface area contributed by atoms with Crippen molar-refractivity contribution in [1.82, 2.24) is 14.9 Å². The minimum Gasteiger partial charge on any atom is -0.394 e. The number of rotatable bonds is 10. The number of ether oxygens (including phenoxy) is 2. The summed E-state index contributed by atoms with van der Waals surface area (Å²) in [6, 6.07) is -0.177. The summed E-state index contributed by atoms with van der Waals surface area (Å²) >= 11 is 0. The Labute approximate surface area is 244 Å². The highest BCUT2D eigenvalue weighted by Crippen LogP contribution is 2.66. The normalized spacial score (nSPS) is 33.4. The molecule has 254 valence electrons. The first-order valence-electron chi connectivity index (χ1n) is 11.8. The van der Waals surface area contributed by atoms with E-state index in [1.807, 2.05) is 4.98 Å². The Balaban J connectivity index is 0.000000378. The van der Waals surface area contributed by atoms with Crippen molar-refractivity contribution >= 4 is 29.4 Å². The third-order valence-electron chi connectivity index (χ3n) is 5.55. The molecule has 1 aromatic heterocycles. The molecule has 0 saturated carbocycles. The van der Waals surface area contributed by atoms with Crippen LogP contribution in [0.2, 0.25) is 0 Å². The maximum atomic E-state index is 11.7. The van der Waals surface area contributed by atoms with Crippen LogP contribution in [0.15, 0.2) is 21.9 Å². The van der Waals surface area contributed by atoms with E-state index in [1.165, 1.54) is 6.92 Å². The standard InChI is InChI=1S/C9H15N2O15P3.C8H15NO6/c12-5-1-2-11(9(15)10-5)8-7(14)6(13)4(24-8)3-23-28(19,20)26-29(21,22)25-27(16,17)18;1-3(11)9-5-7(13)6(12)4(2-10)15-8(5)14/h1-2,4,6-8,13-14H,3H2,(H,19,20)(H,21,22)(H,10,12,15)(H2,16,17,18);4-8,10,12-14H,2H2,1H3,(H,9,11)/t4-,6-,7-,8-;4-,5-,6-,7-,8?/m11/s1. The summed E-state index contributed by atoms with van der Waals surface area (Å²) in [5.41, 5.74) is -1.74. The number of aromatic nitrogens is 2. The predicted octanol–water partition coefficient (Wildman–Crippen LogP) is -5.58. The van der Waals surface area contributed by atoms with Crippen molar-refractivity contribution in [3.8, 4) is 0 Å². The fourth-order valence-corrected chi connectivity index (χ4v) is 6.71. The van der Waals surface area contributed by atoms with E-state index < -0.39 is 109 Å². The van der Waals surface area contributed by atoms with Gasteiger partial charge in [-0.05, 0) is 0 Å². The van der Waals surface area contributed by atoms with Gasteiger partial charge in [0.25, 0.3) is 5.56 Å². The van der Waals surface area contributed by atoms with Crippen molar-refractivity contribution < 1.29 is 91.3 Å². The zero-order chi connectivity index (χ0) is 33.8. The summed E-state index contributed by atoms with van der Waals surface area (Å²) in [5.74, 6) is -0.462. The van der Waals surface area contributed by atoms with Crippen molar-refractivity contribution in [2.45, 2.75) is 62.1 Å². The molecule has 12 N–H and O–H groups in total. The molecule has 11 atom stereocenters. The van der Waals surface area contributed by atoms with Crippen LogP contribution in [0.5, 0.6) is 0 Å². The van der Waals surface area contributed by atoms with Gasteiger partial charge >= 0.3 is 29.2 Å². The van der Waals surface area contributed by atoms with Gasteiger partial charge in [0, 0.05) is 19.2 Å². The smallest absolute Gasteiger partial charge is 0.394 e. The first-order chi connectivity index (χ1) is 20.1. The van der Waals surface area contributed by atoms with Crippen LogP contribution in [0.4, 0.5) is 0 Å². The maximum Gasteiger partial charge on any atom is 0.490 e. The summed E-state index contributed by atoms with van der Waals surface area (Å²) in [5, 5.41) is 59.3. The highest BCUT2D eigenvalue weighted by molar-refractivity contribution is 7.66. The molecule has 2 aliphatic heterocycles. The zero-order valence-electron chi connectivity index (χ0n) is 22.0. The average Bonchev–Trinajstić information content (AvgIpc) is 3.14. The fraction of sp³-hybridized carbons (Fsp3) is 0.706. The molecule has 3 rings (SSSR count). The average molecular weight is 705 g/mol. The quantitative estimate of drug-likeness (QED) is 0.101. The number of nitrogens with one attached hydrogen (secondary N) is 2. The number of phosphoric acid groups is 3. The molecule has 0 radical (unpaired) electrons. The van der Waals surface area contributed by atoms with Crippen molar-refractivity contribution in [1.29, 1.82) is 0 Å². The van der Waals surface area contributed by atoms with E-state index in [9.17, 15) is 58.5 Å². The Morgan fingerprint density at radius 2 is 1.52 bits per heavy atom. The first-order valence-corrected chi connectivity index (χ1v) is 16.3. The molecule has 27 heteroatoms. The number of amides is 1. The van der Waals surface area contributed by atoms with E-state index in [1.54, 1.807) is 0 Å². The molecule has 2 fully saturated rings. The Morgan fingerprint density at radius 3 is 2.05 bits per heavy atom. The van der Waals surface area contributed by atoms with Gasteiger partial charge in [-0.25, -0.2) is 18.5 Å². The minimum atomic E-state index is -5.73. The lowest BCUT2D eigenvalue weighted by Gasteiger charge is -2.40. The largest absolute Gasteiger partial charge is 0.490 e. The molecule has 0 aromatic carbocycles. The number of H-pyrrole nitrogens is 1. The number of aliphatic hydroxyl groups excluding tert-OH is 6. The van der Waals surface area contributed by atoms with E-state index in [2.05, 4.69) is 18.5 Å². The molecule has 1 aromatic rings. The van der Waals surface area contributed by atoms with Gasteiger partial charge in [0.1, 0.15) is 42.7 Å². The second-order valence-electron chi connectivity index (χ2n) is 8.91. The number of aromatic amines is 1. The second kappa shape index (κ2) is 15.2. The number of hydrogen-bond acceptors (Lipinski definition) is 17. The molecule has 2 aliphatic rings. The highest BCUT2D eigenvalue weighted by atomic mass is 31.3. The molecule has 3 unspecified atom stereocenters. The zero-order valence-corrected chi connectivity index (χ0v) is 24.7. The third-order valence-corrected chi connectivity index (χ3v) is 9.35. The molecule has 24 nitrogen and oxygen atoms in total. The lowest BCUT2D eigenvalue weighted by atomic mass is 9.97. The topological polar surface area (TPSA) is 384 Å². The van der Waals surface area contributed by atoms with Crippen LogP contribution in [0.25, 0.3) is 0 Å². The number of nitrogens with zero attached hydrogens (tertiary/aromatic N) is 1. The molecular weight excluding hydrogens is 675 g/mol. The van der Waals surface area contributed by atoms with E-state index in [0.717, 1.165) is 12.3 Å². The van der Waals surface area contributed by atoms with E-state index in [-0.39, 0.29) is 0 Å². The summed E-state index contributed by atoms with van der Waals surface area (Å²) in [4.78, 5) is 70.7. The maximum absolute atomic E-state index is 11.7. The van der Waals surface area contributed by atoms with Gasteiger partial charge in [-0.2, -0.15) is 8.62 Å². The van der Waals surface area contributed by atoms with E-state index in [0.29, 0.717) is 4.57 Å². The molecule has 44 heavy (non-hydrogen) atoms. The first kappa shape index (κ1) is 38.4. The van der Waals surface area contributed by atoms with Crippen LogP contribution in [-0.4, -0.2) is 128 Å². The van der Waals surface area contributed by atoms with Gasteiger partial charge in [0.05, 0.1) is 13.2 Å². The Morgan fingerprint density at radius 1 is 0.932 bits per heavy atom. The molecule has 2 saturated heterocycles. The molecule has 0 spiro atoms. The molecule has 0 aliphatic carbocycles. The fourth-order valence-electron chi connectivity index (χ4n) is 3.68. The summed E-state index contributed by atoms with van der Waals surface area (Å²) < 4.78 is 55.4. The lowest BCUT2D eigenvalue weighted by molar-refractivity contribution is -0.253. The van der Waals surface area contributed by atoms with Crippen molar-refractivity contribution in [3.05, 3.63) is 33.1 Å². The third kappa shape index (κ3) is 10.9. The summed E-state index contributed by atoms with van der Waals surface area (Å²) in [7, 11) is -16.8. The monoisotopic (exact) mass is 705 g/mol. The highest BCUT2D eigenvalue weighted by Gasteiger charge is 2.47. The van der Waals surface area contributed by atoms with Crippen molar-refractivity contribution in [3.63, 3.8) is 0 Å². The van der Waals surface area contributed by atoms with Crippen molar-refractivity contribution in [2.24, 2.45) is 0 Å². The predicted molar refractivity (Wildman–Crippen MR) is 135 cm³/mol. The van der Waals surface area contributed by atoms with Crippen LogP contribution in [-0.2, 0) is 41.1 Å². The van der Waals surface area contributed by atoms with E-state index >= 15 is 0 Å². The molecule has 1 amide bonds. The SMILES string of the molecule is CC(=O)N[C@H]1C(O)O[C@H](CO)[C@@H](O)[C@@H]1O.O=c1ccn([C@@H]2O[C@H](COP(=O)(O)OP(=O)(O)OP(=O)(O)O)[C@@H](O)[C@H]2O)c(=O)[nH]1. The number of phosphoric ester groups is 1. The van der Waals surface area contributed by atoms with Crippen LogP contribution in [0, 0.1) is 0 Å². The number of carbonyl (C=O) groups excluding carboxylic acids is 1. The van der Waals surface area contributed by atoms with Gasteiger partial charge in [-0.15, -0.1) is 0 Å². The number of hydrogen-bond donors (Lipinski definition) is 12. The Hall–Kier alpha value is -1.76. The molecule has 3 heterocycles. The van der Waals surface area contributed by atoms with Gasteiger partial charge in [-0.1, -0.05) is 0 Å². The van der Waals surface area contributed by atoms with Gasteiger partial charge in [-0.3, -0.25) is 23.7 Å². The minimum absolute atomic E-state index is 0.462.